The molecule has 0 aliphatic rings. The molecule has 0 heterocycles. The summed E-state index contributed by atoms with van der Waals surface area (Å²) in [5.41, 5.74) is 0.362. The van der Waals surface area contributed by atoms with Gasteiger partial charge in [0, 0.05) is 6.04 Å². The summed E-state index contributed by atoms with van der Waals surface area (Å²) in [7, 11) is 0. The van der Waals surface area contributed by atoms with Gasteiger partial charge in [0.05, 0.1) is 5.41 Å². The van der Waals surface area contributed by atoms with E-state index in [0.717, 1.165) is 12.0 Å². The Hall–Kier alpha value is -1.42. The van der Waals surface area contributed by atoms with Gasteiger partial charge in [0.25, 0.3) is 0 Å². The van der Waals surface area contributed by atoms with Crippen molar-refractivity contribution in [3.05, 3.63) is 35.9 Å². The Morgan fingerprint density at radius 1 is 1.32 bits per heavy atom. The van der Waals surface area contributed by atoms with Crippen LogP contribution in [0.5, 0.6) is 0 Å². The first-order valence-electron chi connectivity index (χ1n) is 6.55. The molecule has 0 bridgehead atoms. The highest BCUT2D eigenvalue weighted by molar-refractivity contribution is 7.80. The van der Waals surface area contributed by atoms with Crippen LogP contribution in [0.25, 0.3) is 0 Å². The summed E-state index contributed by atoms with van der Waals surface area (Å²) >= 11 is 5.15. The number of amides is 1. The first-order valence-corrected chi connectivity index (χ1v) is 6.96. The van der Waals surface area contributed by atoms with Crippen LogP contribution in [-0.2, 0) is 10.2 Å². The second-order valence-electron chi connectivity index (χ2n) is 5.23. The van der Waals surface area contributed by atoms with Gasteiger partial charge in [-0.2, -0.15) is 0 Å². The van der Waals surface area contributed by atoms with Crippen LogP contribution in [0.4, 0.5) is 0 Å². The van der Waals surface area contributed by atoms with Crippen LogP contribution in [0.2, 0.25) is 0 Å². The van der Waals surface area contributed by atoms with Gasteiger partial charge >= 0.3 is 0 Å². The normalized spacial score (nSPS) is 12.6. The third-order valence-electron chi connectivity index (χ3n) is 3.28. The summed E-state index contributed by atoms with van der Waals surface area (Å²) in [6.45, 7) is 7.88. The Kier molecular flexibility index (Phi) is 5.48. The van der Waals surface area contributed by atoms with Crippen molar-refractivity contribution in [2.75, 3.05) is 0 Å². The molecule has 2 N–H and O–H groups in total. The lowest BCUT2D eigenvalue weighted by atomic mass is 9.84. The van der Waals surface area contributed by atoms with E-state index in [1.807, 2.05) is 51.1 Å². The van der Waals surface area contributed by atoms with E-state index in [-0.39, 0.29) is 11.9 Å². The molecule has 0 aromatic heterocycles. The molecule has 1 unspecified atom stereocenters. The third kappa shape index (κ3) is 4.31. The van der Waals surface area contributed by atoms with Crippen molar-refractivity contribution in [1.29, 1.82) is 0 Å². The fraction of sp³-hybridized carbons (Fsp3) is 0.467. The maximum Gasteiger partial charge on any atom is 0.236 e. The second kappa shape index (κ2) is 6.66. The minimum atomic E-state index is -0.609. The second-order valence-corrected chi connectivity index (χ2v) is 5.64. The van der Waals surface area contributed by atoms with E-state index in [4.69, 9.17) is 12.2 Å². The lowest BCUT2D eigenvalue weighted by Crippen LogP contribution is -2.49. The zero-order valence-corrected chi connectivity index (χ0v) is 12.8. The first kappa shape index (κ1) is 15.6. The Morgan fingerprint density at radius 3 is 2.42 bits per heavy atom. The first-order chi connectivity index (χ1) is 8.87. The van der Waals surface area contributed by atoms with E-state index >= 15 is 0 Å². The summed E-state index contributed by atoms with van der Waals surface area (Å²) in [5.74, 6) is -0.0977. The zero-order chi connectivity index (χ0) is 14.5. The summed E-state index contributed by atoms with van der Waals surface area (Å²) in [6.07, 6.45) is 0.956. The van der Waals surface area contributed by atoms with Crippen molar-refractivity contribution in [2.24, 2.45) is 0 Å². The lowest BCUT2D eigenvalue weighted by Gasteiger charge is -2.25. The van der Waals surface area contributed by atoms with Crippen LogP contribution in [0, 0.1) is 0 Å². The SMILES string of the molecule is CCC(C)NC(=S)NC(=O)C(C)(C)c1ccccc1. The molecule has 1 amide bonds. The van der Waals surface area contributed by atoms with Gasteiger partial charge in [0.1, 0.15) is 0 Å². The molecule has 1 rings (SSSR count). The number of carbonyl (C=O) groups is 1. The van der Waals surface area contributed by atoms with Crippen LogP contribution in [0.15, 0.2) is 30.3 Å². The highest BCUT2D eigenvalue weighted by atomic mass is 32.1. The fourth-order valence-corrected chi connectivity index (χ4v) is 1.90. The summed E-state index contributed by atoms with van der Waals surface area (Å²) in [4.78, 5) is 12.3. The van der Waals surface area contributed by atoms with E-state index < -0.39 is 5.41 Å². The van der Waals surface area contributed by atoms with Crippen molar-refractivity contribution in [2.45, 2.75) is 45.6 Å². The maximum atomic E-state index is 12.3. The van der Waals surface area contributed by atoms with Gasteiger partial charge in [0.2, 0.25) is 5.91 Å². The molecule has 3 nitrogen and oxygen atoms in total. The zero-order valence-electron chi connectivity index (χ0n) is 12.0. The minimum absolute atomic E-state index is 0.0977. The van der Waals surface area contributed by atoms with Gasteiger partial charge in [-0.3, -0.25) is 4.79 Å². The predicted molar refractivity (Wildman–Crippen MR) is 83.1 cm³/mol. The quantitative estimate of drug-likeness (QED) is 0.832. The molecule has 19 heavy (non-hydrogen) atoms. The molecule has 104 valence electrons. The van der Waals surface area contributed by atoms with Crippen LogP contribution in [-0.4, -0.2) is 17.1 Å². The molecule has 0 spiro atoms. The van der Waals surface area contributed by atoms with E-state index in [1.54, 1.807) is 0 Å². The fourth-order valence-electron chi connectivity index (χ4n) is 1.61. The molecule has 0 saturated heterocycles. The molecular formula is C15H22N2OS. The number of thiocarbonyl (C=S) groups is 1. The van der Waals surface area contributed by atoms with E-state index in [0.29, 0.717) is 5.11 Å². The molecular weight excluding hydrogens is 256 g/mol. The van der Waals surface area contributed by atoms with Crippen LogP contribution >= 0.6 is 12.2 Å². The molecule has 4 heteroatoms. The Bertz CT molecular complexity index is 443. The molecule has 0 saturated carbocycles. The minimum Gasteiger partial charge on any atom is -0.360 e. The number of benzene rings is 1. The van der Waals surface area contributed by atoms with Gasteiger partial charge < -0.3 is 10.6 Å². The Morgan fingerprint density at radius 2 is 1.89 bits per heavy atom. The molecule has 1 aromatic carbocycles. The molecule has 0 aliphatic heterocycles. The molecule has 1 atom stereocenters. The van der Waals surface area contributed by atoms with Gasteiger partial charge in [-0.05, 0) is 45.0 Å². The van der Waals surface area contributed by atoms with Crippen LogP contribution < -0.4 is 10.6 Å². The summed E-state index contributed by atoms with van der Waals surface area (Å²) < 4.78 is 0. The average Bonchev–Trinajstić information content (AvgIpc) is 2.39. The maximum absolute atomic E-state index is 12.3. The van der Waals surface area contributed by atoms with Gasteiger partial charge in [-0.15, -0.1) is 0 Å². The Labute approximate surface area is 120 Å². The molecule has 1 aromatic rings. The summed E-state index contributed by atoms with van der Waals surface area (Å²) in [5, 5.41) is 6.24. The third-order valence-corrected chi connectivity index (χ3v) is 3.50. The van der Waals surface area contributed by atoms with Crippen molar-refractivity contribution in [3.63, 3.8) is 0 Å². The summed E-state index contributed by atoms with van der Waals surface area (Å²) in [6, 6.07) is 9.95. The van der Waals surface area contributed by atoms with Gasteiger partial charge in [-0.1, -0.05) is 37.3 Å². The van der Waals surface area contributed by atoms with Gasteiger partial charge in [-0.25, -0.2) is 0 Å². The highest BCUT2D eigenvalue weighted by Crippen LogP contribution is 2.22. The average molecular weight is 278 g/mol. The predicted octanol–water partition coefficient (Wildman–Crippen LogP) is 2.75. The molecule has 0 fully saturated rings. The van der Waals surface area contributed by atoms with Crippen molar-refractivity contribution >= 4 is 23.2 Å². The van der Waals surface area contributed by atoms with E-state index in [9.17, 15) is 4.79 Å². The molecule has 0 radical (unpaired) electrons. The number of hydrogen-bond acceptors (Lipinski definition) is 2. The monoisotopic (exact) mass is 278 g/mol. The van der Waals surface area contributed by atoms with Crippen molar-refractivity contribution in [3.8, 4) is 0 Å². The topological polar surface area (TPSA) is 41.1 Å². The van der Waals surface area contributed by atoms with E-state index in [1.165, 1.54) is 0 Å². The van der Waals surface area contributed by atoms with Crippen LogP contribution in [0.1, 0.15) is 39.7 Å². The standard InChI is InChI=1S/C15H22N2OS/c1-5-11(2)16-14(19)17-13(18)15(3,4)12-9-7-6-8-10-12/h6-11H,5H2,1-4H3,(H2,16,17,18,19). The van der Waals surface area contributed by atoms with Gasteiger partial charge in [0.15, 0.2) is 5.11 Å². The number of rotatable bonds is 4. The largest absolute Gasteiger partial charge is 0.360 e. The number of nitrogens with one attached hydrogen (secondary N) is 2. The highest BCUT2D eigenvalue weighted by Gasteiger charge is 2.30. The van der Waals surface area contributed by atoms with Crippen molar-refractivity contribution < 1.29 is 4.79 Å². The smallest absolute Gasteiger partial charge is 0.236 e. The lowest BCUT2D eigenvalue weighted by molar-refractivity contribution is -0.124. The molecule has 0 aliphatic carbocycles. The van der Waals surface area contributed by atoms with Crippen LogP contribution in [0.3, 0.4) is 0 Å². The van der Waals surface area contributed by atoms with E-state index in [2.05, 4.69) is 17.6 Å². The Balaban J connectivity index is 2.70. The number of hydrogen-bond donors (Lipinski definition) is 2. The number of carbonyl (C=O) groups excluding carboxylic acids is 1. The van der Waals surface area contributed by atoms with Crippen molar-refractivity contribution in [1.82, 2.24) is 10.6 Å².